The molecule has 0 aliphatic heterocycles. The number of nitrogens with zero attached hydrogens (tertiary/aromatic N) is 1. The number of rotatable bonds is 6. The lowest BCUT2D eigenvalue weighted by Crippen LogP contribution is -2.42. The zero-order chi connectivity index (χ0) is 14.3. The van der Waals surface area contributed by atoms with E-state index in [1.807, 2.05) is 0 Å². The molecule has 0 saturated heterocycles. The number of ether oxygens (including phenoxy) is 1. The van der Waals surface area contributed by atoms with E-state index in [9.17, 15) is 9.59 Å². The molecule has 1 heterocycles. The van der Waals surface area contributed by atoms with Crippen molar-refractivity contribution >= 4 is 28.0 Å². The molecule has 1 unspecified atom stereocenters. The van der Waals surface area contributed by atoms with Gasteiger partial charge in [-0.05, 0) is 27.6 Å². The van der Waals surface area contributed by atoms with Crippen LogP contribution in [0, 0.1) is 0 Å². The number of amides is 1. The number of hydrogen-bond donors (Lipinski definition) is 2. The monoisotopic (exact) mass is 328 g/mol. The highest BCUT2D eigenvalue weighted by atomic mass is 79.9. The van der Waals surface area contributed by atoms with Gasteiger partial charge in [-0.25, -0.2) is 9.59 Å². The number of carbonyl (C=O) groups is 2. The zero-order valence-electron chi connectivity index (χ0n) is 10.0. The lowest BCUT2D eigenvalue weighted by atomic mass is 10.1. The van der Waals surface area contributed by atoms with Crippen molar-refractivity contribution in [3.63, 3.8) is 0 Å². The second-order valence-electron chi connectivity index (χ2n) is 3.64. The fourth-order valence-electron chi connectivity index (χ4n) is 1.32. The van der Waals surface area contributed by atoms with Crippen LogP contribution in [0.3, 0.4) is 0 Å². The number of pyridine rings is 1. The number of carboxylic acids is 1. The predicted octanol–water partition coefficient (Wildman–Crippen LogP) is 1.75. The first-order valence-electron chi connectivity index (χ1n) is 5.39. The van der Waals surface area contributed by atoms with Gasteiger partial charge in [0.1, 0.15) is 12.6 Å². The predicted molar refractivity (Wildman–Crippen MR) is 71.7 cm³/mol. The zero-order valence-corrected chi connectivity index (χ0v) is 11.6. The van der Waals surface area contributed by atoms with Gasteiger partial charge in [-0.1, -0.05) is 12.7 Å². The Hall–Kier alpha value is -1.89. The van der Waals surface area contributed by atoms with Crippen LogP contribution in [-0.2, 0) is 16.0 Å². The summed E-state index contributed by atoms with van der Waals surface area (Å²) in [6, 6.07) is 0.660. The quantitative estimate of drug-likeness (QED) is 0.776. The fraction of sp³-hybridized carbons (Fsp3) is 0.250. The molecule has 1 aromatic heterocycles. The summed E-state index contributed by atoms with van der Waals surface area (Å²) in [5.41, 5.74) is 0.686. The molecule has 0 aliphatic carbocycles. The summed E-state index contributed by atoms with van der Waals surface area (Å²) < 4.78 is 5.42. The highest BCUT2D eigenvalue weighted by Crippen LogP contribution is 2.11. The van der Waals surface area contributed by atoms with E-state index in [-0.39, 0.29) is 13.0 Å². The van der Waals surface area contributed by atoms with Crippen molar-refractivity contribution in [1.29, 1.82) is 0 Å². The molecule has 0 aliphatic rings. The largest absolute Gasteiger partial charge is 0.480 e. The van der Waals surface area contributed by atoms with Crippen molar-refractivity contribution < 1.29 is 19.4 Å². The third-order valence-electron chi connectivity index (χ3n) is 2.12. The van der Waals surface area contributed by atoms with Gasteiger partial charge in [0.05, 0.1) is 0 Å². The third-order valence-corrected chi connectivity index (χ3v) is 2.56. The van der Waals surface area contributed by atoms with Crippen molar-refractivity contribution in [2.24, 2.45) is 0 Å². The molecule has 19 heavy (non-hydrogen) atoms. The molecular weight excluding hydrogens is 316 g/mol. The van der Waals surface area contributed by atoms with Gasteiger partial charge >= 0.3 is 12.1 Å². The number of carboxylic acid groups (broad SMARTS) is 1. The van der Waals surface area contributed by atoms with E-state index in [4.69, 9.17) is 5.11 Å². The van der Waals surface area contributed by atoms with Gasteiger partial charge in [0.15, 0.2) is 0 Å². The van der Waals surface area contributed by atoms with Gasteiger partial charge in [0, 0.05) is 23.3 Å². The van der Waals surface area contributed by atoms with E-state index in [1.165, 1.54) is 12.3 Å². The number of carbonyl (C=O) groups excluding carboxylic acids is 1. The van der Waals surface area contributed by atoms with Gasteiger partial charge < -0.3 is 15.2 Å². The Morgan fingerprint density at radius 1 is 1.58 bits per heavy atom. The number of halogens is 1. The Bertz CT molecular complexity index is 479. The Morgan fingerprint density at radius 2 is 2.32 bits per heavy atom. The molecule has 1 atom stereocenters. The van der Waals surface area contributed by atoms with E-state index in [2.05, 4.69) is 37.5 Å². The molecule has 1 rings (SSSR count). The number of hydrogen-bond acceptors (Lipinski definition) is 4. The van der Waals surface area contributed by atoms with E-state index in [0.717, 1.165) is 4.47 Å². The first-order chi connectivity index (χ1) is 9.02. The summed E-state index contributed by atoms with van der Waals surface area (Å²) in [5, 5.41) is 11.3. The van der Waals surface area contributed by atoms with E-state index in [0.29, 0.717) is 5.56 Å². The topological polar surface area (TPSA) is 88.5 Å². The second kappa shape index (κ2) is 7.52. The molecule has 7 heteroatoms. The van der Waals surface area contributed by atoms with E-state index < -0.39 is 18.1 Å². The maximum Gasteiger partial charge on any atom is 0.408 e. The Labute approximate surface area is 118 Å². The number of aliphatic carboxylic acids is 1. The normalized spacial score (nSPS) is 11.4. The summed E-state index contributed by atoms with van der Waals surface area (Å²) in [7, 11) is 0. The molecule has 0 bridgehead atoms. The van der Waals surface area contributed by atoms with Gasteiger partial charge in [-0.3, -0.25) is 4.98 Å². The summed E-state index contributed by atoms with van der Waals surface area (Å²) in [5.74, 6) is -1.14. The molecule has 1 aromatic rings. The Morgan fingerprint density at radius 3 is 2.89 bits per heavy atom. The van der Waals surface area contributed by atoms with Gasteiger partial charge in [-0.2, -0.15) is 0 Å². The van der Waals surface area contributed by atoms with Crippen molar-refractivity contribution in [3.8, 4) is 0 Å². The summed E-state index contributed by atoms with van der Waals surface area (Å²) >= 11 is 3.24. The van der Waals surface area contributed by atoms with Crippen molar-refractivity contribution in [1.82, 2.24) is 10.3 Å². The van der Waals surface area contributed by atoms with Gasteiger partial charge in [-0.15, -0.1) is 0 Å². The van der Waals surface area contributed by atoms with Crippen LogP contribution >= 0.6 is 15.9 Å². The second-order valence-corrected chi connectivity index (χ2v) is 4.55. The molecule has 0 aromatic carbocycles. The minimum atomic E-state index is -1.14. The Kier molecular flexibility index (Phi) is 6.01. The van der Waals surface area contributed by atoms with Crippen LogP contribution < -0.4 is 5.32 Å². The molecule has 0 spiro atoms. The lowest BCUT2D eigenvalue weighted by Gasteiger charge is -2.14. The van der Waals surface area contributed by atoms with Crippen molar-refractivity contribution in [2.45, 2.75) is 12.5 Å². The molecule has 1 amide bonds. The Balaban J connectivity index is 2.65. The van der Waals surface area contributed by atoms with Crippen LogP contribution in [0.2, 0.25) is 0 Å². The summed E-state index contributed by atoms with van der Waals surface area (Å²) in [6.45, 7) is 3.41. The first kappa shape index (κ1) is 15.2. The van der Waals surface area contributed by atoms with Crippen LogP contribution in [0.25, 0.3) is 0 Å². The molecular formula is C12H13BrN2O4. The van der Waals surface area contributed by atoms with Crippen LogP contribution in [0.1, 0.15) is 5.56 Å². The minimum absolute atomic E-state index is 0.0244. The smallest absolute Gasteiger partial charge is 0.408 e. The van der Waals surface area contributed by atoms with Crippen molar-refractivity contribution in [2.75, 3.05) is 6.61 Å². The SMILES string of the molecule is C=CCOC(=O)NC(Cc1cncc(Br)c1)C(=O)O. The molecule has 0 radical (unpaired) electrons. The average Bonchev–Trinajstić information content (AvgIpc) is 2.35. The number of aromatic nitrogens is 1. The number of alkyl carbamates (subject to hydrolysis) is 1. The number of nitrogens with one attached hydrogen (secondary N) is 1. The fourth-order valence-corrected chi connectivity index (χ4v) is 1.73. The third kappa shape index (κ3) is 5.52. The molecule has 2 N–H and O–H groups in total. The highest BCUT2D eigenvalue weighted by Gasteiger charge is 2.21. The van der Waals surface area contributed by atoms with Crippen molar-refractivity contribution in [3.05, 3.63) is 41.2 Å². The van der Waals surface area contributed by atoms with Gasteiger partial charge in [0.2, 0.25) is 0 Å². The molecule has 0 fully saturated rings. The summed E-state index contributed by atoms with van der Waals surface area (Å²) in [6.07, 6.45) is 3.84. The lowest BCUT2D eigenvalue weighted by molar-refractivity contribution is -0.139. The minimum Gasteiger partial charge on any atom is -0.480 e. The molecule has 6 nitrogen and oxygen atoms in total. The van der Waals surface area contributed by atoms with E-state index in [1.54, 1.807) is 12.3 Å². The summed E-state index contributed by atoms with van der Waals surface area (Å²) in [4.78, 5) is 26.3. The average molecular weight is 329 g/mol. The van der Waals surface area contributed by atoms with Crippen LogP contribution in [0.5, 0.6) is 0 Å². The van der Waals surface area contributed by atoms with Crippen LogP contribution in [-0.4, -0.2) is 34.8 Å². The standard InChI is InChI=1S/C12H13BrN2O4/c1-2-3-19-12(18)15-10(11(16)17)5-8-4-9(13)7-14-6-8/h2,4,6-7,10H,1,3,5H2,(H,15,18)(H,16,17). The maximum atomic E-state index is 11.3. The van der Waals surface area contributed by atoms with Crippen LogP contribution in [0.15, 0.2) is 35.6 Å². The molecule has 102 valence electrons. The molecule has 0 saturated carbocycles. The van der Waals surface area contributed by atoms with E-state index >= 15 is 0 Å². The maximum absolute atomic E-state index is 11.3. The van der Waals surface area contributed by atoms with Crippen LogP contribution in [0.4, 0.5) is 4.79 Å². The first-order valence-corrected chi connectivity index (χ1v) is 6.18. The highest BCUT2D eigenvalue weighted by molar-refractivity contribution is 9.10. The van der Waals surface area contributed by atoms with Gasteiger partial charge in [0.25, 0.3) is 0 Å².